The van der Waals surface area contributed by atoms with Crippen LogP contribution in [-0.2, 0) is 0 Å². The zero-order valence-electron chi connectivity index (χ0n) is 9.97. The molecule has 1 aromatic carbocycles. The topological polar surface area (TPSA) is 90.4 Å². The number of nitro groups is 1. The molecule has 94 valence electrons. The number of ether oxygens (including phenoxy) is 1. The van der Waals surface area contributed by atoms with Gasteiger partial charge in [-0.15, -0.1) is 0 Å². The highest BCUT2D eigenvalue weighted by molar-refractivity contribution is 5.55. The number of nitrogens with two attached hydrogens (primary N) is 1. The standard InChI is InChI=1S/C11H17N3O3/c1-3-4-8(2)17-11-6-9(13-12)5-10(7-11)14(15)16/h5-8,13H,3-4,12H2,1-2H3. The summed E-state index contributed by atoms with van der Waals surface area (Å²) in [5.74, 6) is 5.70. The predicted octanol–water partition coefficient (Wildman–Crippen LogP) is 2.45. The third-order valence-electron chi connectivity index (χ3n) is 2.30. The van der Waals surface area contributed by atoms with E-state index in [9.17, 15) is 10.1 Å². The van der Waals surface area contributed by atoms with E-state index in [1.807, 2.05) is 6.92 Å². The number of nitro benzene ring substituents is 1. The Kier molecular flexibility index (Phi) is 4.71. The van der Waals surface area contributed by atoms with E-state index in [-0.39, 0.29) is 11.8 Å². The molecule has 1 aromatic rings. The summed E-state index contributed by atoms with van der Waals surface area (Å²) >= 11 is 0. The van der Waals surface area contributed by atoms with Gasteiger partial charge >= 0.3 is 0 Å². The Morgan fingerprint density at radius 3 is 2.76 bits per heavy atom. The number of nitrogens with zero attached hydrogens (tertiary/aromatic N) is 1. The van der Waals surface area contributed by atoms with Crippen molar-refractivity contribution in [2.75, 3.05) is 5.43 Å². The molecule has 6 nitrogen and oxygen atoms in total. The molecule has 0 heterocycles. The average molecular weight is 239 g/mol. The summed E-state index contributed by atoms with van der Waals surface area (Å²) in [6.07, 6.45) is 1.92. The lowest BCUT2D eigenvalue weighted by atomic mass is 10.2. The Hall–Kier alpha value is -1.82. The highest BCUT2D eigenvalue weighted by Crippen LogP contribution is 2.26. The minimum absolute atomic E-state index is 0.0210. The molecule has 0 aliphatic carbocycles. The fourth-order valence-corrected chi connectivity index (χ4v) is 1.54. The van der Waals surface area contributed by atoms with E-state index in [2.05, 4.69) is 12.3 Å². The molecule has 3 N–H and O–H groups in total. The van der Waals surface area contributed by atoms with Gasteiger partial charge in [-0.2, -0.15) is 0 Å². The van der Waals surface area contributed by atoms with Crippen molar-refractivity contribution in [1.29, 1.82) is 0 Å². The summed E-state index contributed by atoms with van der Waals surface area (Å²) in [4.78, 5) is 10.2. The van der Waals surface area contributed by atoms with Gasteiger partial charge in [-0.1, -0.05) is 13.3 Å². The van der Waals surface area contributed by atoms with E-state index in [0.717, 1.165) is 12.8 Å². The molecule has 0 aliphatic heterocycles. The predicted molar refractivity (Wildman–Crippen MR) is 65.9 cm³/mol. The fourth-order valence-electron chi connectivity index (χ4n) is 1.54. The van der Waals surface area contributed by atoms with Gasteiger partial charge in [-0.3, -0.25) is 16.0 Å². The number of hydrazine groups is 1. The molecule has 0 saturated carbocycles. The Bertz CT molecular complexity index is 396. The van der Waals surface area contributed by atoms with Crippen LogP contribution >= 0.6 is 0 Å². The maximum Gasteiger partial charge on any atom is 0.275 e. The summed E-state index contributed by atoms with van der Waals surface area (Å²) in [6.45, 7) is 3.98. The molecule has 0 aliphatic rings. The number of nitrogens with one attached hydrogen (secondary N) is 1. The summed E-state index contributed by atoms with van der Waals surface area (Å²) < 4.78 is 5.59. The Balaban J connectivity index is 2.90. The van der Waals surface area contributed by atoms with Gasteiger partial charge in [0.1, 0.15) is 5.75 Å². The minimum Gasteiger partial charge on any atom is -0.490 e. The molecular weight excluding hydrogens is 222 g/mol. The van der Waals surface area contributed by atoms with E-state index in [1.165, 1.54) is 12.1 Å². The smallest absolute Gasteiger partial charge is 0.275 e. The van der Waals surface area contributed by atoms with Gasteiger partial charge < -0.3 is 10.2 Å². The van der Waals surface area contributed by atoms with Crippen molar-refractivity contribution >= 4 is 11.4 Å². The van der Waals surface area contributed by atoms with E-state index < -0.39 is 4.92 Å². The van der Waals surface area contributed by atoms with E-state index >= 15 is 0 Å². The van der Waals surface area contributed by atoms with Gasteiger partial charge in [0.15, 0.2) is 0 Å². The first-order chi connectivity index (χ1) is 8.06. The number of rotatable bonds is 6. The molecule has 1 rings (SSSR count). The minimum atomic E-state index is -0.474. The van der Waals surface area contributed by atoms with Crippen LogP contribution in [-0.4, -0.2) is 11.0 Å². The van der Waals surface area contributed by atoms with Crippen molar-refractivity contribution in [1.82, 2.24) is 0 Å². The van der Waals surface area contributed by atoms with Gasteiger partial charge in [0.2, 0.25) is 0 Å². The lowest BCUT2D eigenvalue weighted by molar-refractivity contribution is -0.384. The number of hydrogen-bond acceptors (Lipinski definition) is 5. The summed E-state index contributed by atoms with van der Waals surface area (Å²) in [5.41, 5.74) is 2.80. The molecule has 0 radical (unpaired) electrons. The van der Waals surface area contributed by atoms with E-state index in [1.54, 1.807) is 6.07 Å². The van der Waals surface area contributed by atoms with Crippen molar-refractivity contribution in [2.45, 2.75) is 32.8 Å². The number of nitrogen functional groups attached to an aromatic ring is 1. The first-order valence-electron chi connectivity index (χ1n) is 5.49. The van der Waals surface area contributed by atoms with E-state index in [0.29, 0.717) is 11.4 Å². The summed E-state index contributed by atoms with van der Waals surface area (Å²) in [5, 5.41) is 10.7. The zero-order chi connectivity index (χ0) is 12.8. The normalized spacial score (nSPS) is 11.9. The maximum absolute atomic E-state index is 10.7. The molecule has 0 fully saturated rings. The van der Waals surface area contributed by atoms with Crippen LogP contribution in [0.5, 0.6) is 5.75 Å². The molecule has 17 heavy (non-hydrogen) atoms. The van der Waals surface area contributed by atoms with Crippen LogP contribution in [0.3, 0.4) is 0 Å². The quantitative estimate of drug-likeness (QED) is 0.452. The molecule has 6 heteroatoms. The summed E-state index contributed by atoms with van der Waals surface area (Å²) in [6, 6.07) is 4.39. The first-order valence-corrected chi connectivity index (χ1v) is 5.49. The van der Waals surface area contributed by atoms with Gasteiger partial charge in [-0.25, -0.2) is 0 Å². The zero-order valence-corrected chi connectivity index (χ0v) is 9.97. The second kappa shape index (κ2) is 6.05. The van der Waals surface area contributed by atoms with Crippen LogP contribution in [0.1, 0.15) is 26.7 Å². The van der Waals surface area contributed by atoms with Gasteiger partial charge in [0.05, 0.1) is 22.8 Å². The molecule has 0 saturated heterocycles. The fraction of sp³-hybridized carbons (Fsp3) is 0.455. The third-order valence-corrected chi connectivity index (χ3v) is 2.30. The molecule has 0 bridgehead atoms. The molecular formula is C11H17N3O3. The van der Waals surface area contributed by atoms with Gasteiger partial charge in [-0.05, 0) is 13.3 Å². The second-order valence-corrected chi connectivity index (χ2v) is 3.83. The Morgan fingerprint density at radius 1 is 1.53 bits per heavy atom. The molecule has 0 aromatic heterocycles. The van der Waals surface area contributed by atoms with Crippen molar-refractivity contribution < 1.29 is 9.66 Å². The number of benzene rings is 1. The van der Waals surface area contributed by atoms with Crippen LogP contribution in [0, 0.1) is 10.1 Å². The van der Waals surface area contributed by atoms with Crippen LogP contribution in [0.4, 0.5) is 11.4 Å². The molecule has 1 unspecified atom stereocenters. The maximum atomic E-state index is 10.7. The summed E-state index contributed by atoms with van der Waals surface area (Å²) in [7, 11) is 0. The second-order valence-electron chi connectivity index (χ2n) is 3.83. The van der Waals surface area contributed by atoms with Crippen LogP contribution in [0.25, 0.3) is 0 Å². The van der Waals surface area contributed by atoms with E-state index in [4.69, 9.17) is 10.6 Å². The lowest BCUT2D eigenvalue weighted by Gasteiger charge is -2.14. The van der Waals surface area contributed by atoms with Crippen molar-refractivity contribution in [3.63, 3.8) is 0 Å². The largest absolute Gasteiger partial charge is 0.490 e. The molecule has 1 atom stereocenters. The number of hydrogen-bond donors (Lipinski definition) is 2. The van der Waals surface area contributed by atoms with Gasteiger partial charge in [0, 0.05) is 12.1 Å². The SMILES string of the molecule is CCCC(C)Oc1cc(NN)cc([N+](=O)[O-])c1. The van der Waals surface area contributed by atoms with Crippen molar-refractivity contribution in [3.05, 3.63) is 28.3 Å². The van der Waals surface area contributed by atoms with Crippen molar-refractivity contribution in [3.8, 4) is 5.75 Å². The third kappa shape index (κ3) is 3.92. The number of anilines is 1. The monoisotopic (exact) mass is 239 g/mol. The van der Waals surface area contributed by atoms with Crippen LogP contribution < -0.4 is 16.0 Å². The Labute approximate surface area is 99.9 Å². The van der Waals surface area contributed by atoms with Crippen molar-refractivity contribution in [2.24, 2.45) is 5.84 Å². The van der Waals surface area contributed by atoms with Gasteiger partial charge in [0.25, 0.3) is 5.69 Å². The Morgan fingerprint density at radius 2 is 2.24 bits per heavy atom. The molecule has 0 amide bonds. The van der Waals surface area contributed by atoms with Crippen LogP contribution in [0.2, 0.25) is 0 Å². The van der Waals surface area contributed by atoms with Crippen LogP contribution in [0.15, 0.2) is 18.2 Å². The highest BCUT2D eigenvalue weighted by Gasteiger charge is 2.12. The highest BCUT2D eigenvalue weighted by atomic mass is 16.6. The number of non-ortho nitro benzene ring substituents is 1. The average Bonchev–Trinajstić information content (AvgIpc) is 2.28. The lowest BCUT2D eigenvalue weighted by Crippen LogP contribution is -2.12. The molecule has 0 spiro atoms. The first kappa shape index (κ1) is 13.2.